The van der Waals surface area contributed by atoms with Gasteiger partial charge in [0.2, 0.25) is 0 Å². The third-order valence-corrected chi connectivity index (χ3v) is 3.92. The molecule has 2 heterocycles. The Morgan fingerprint density at radius 2 is 1.47 bits per heavy atom. The molecule has 0 atom stereocenters. The number of ether oxygens (including phenoxy) is 2. The lowest BCUT2D eigenvalue weighted by molar-refractivity contribution is 0.00424. The van der Waals surface area contributed by atoms with Gasteiger partial charge in [-0.2, -0.15) is 0 Å². The van der Waals surface area contributed by atoms with E-state index in [1.54, 1.807) is 0 Å². The predicted octanol–water partition coefficient (Wildman–Crippen LogP) is 3.36. The molecule has 0 amide bonds. The van der Waals surface area contributed by atoms with E-state index in [1.165, 1.54) is 19.3 Å². The van der Waals surface area contributed by atoms with Crippen LogP contribution in [0.25, 0.3) is 0 Å². The van der Waals surface area contributed by atoms with E-state index in [0.29, 0.717) is 16.9 Å². The summed E-state index contributed by atoms with van der Waals surface area (Å²) in [6.07, 6.45) is 5.89. The fourth-order valence-corrected chi connectivity index (χ4v) is 3.04. The highest BCUT2D eigenvalue weighted by Gasteiger charge is 2.31. The Morgan fingerprint density at radius 3 is 1.84 bits per heavy atom. The molecule has 2 aliphatic heterocycles. The molecule has 2 rings (SSSR count). The molecule has 0 bridgehead atoms. The average Bonchev–Trinajstić information content (AvgIpc) is 2.28. The topological polar surface area (TPSA) is 44.5 Å². The van der Waals surface area contributed by atoms with Gasteiger partial charge in [0, 0.05) is 32.5 Å². The summed E-state index contributed by atoms with van der Waals surface area (Å²) in [6.45, 7) is 13.0. The third-order valence-electron chi connectivity index (χ3n) is 3.92. The summed E-state index contributed by atoms with van der Waals surface area (Å²) in [6, 6.07) is 0.411. The molecular weight excluding hydrogens is 238 g/mol. The SMILES string of the molecule is CC(C)(C)CC1(C)CCOCC1.NC1CCOCC1. The molecule has 0 aromatic carbocycles. The summed E-state index contributed by atoms with van der Waals surface area (Å²) in [5.74, 6) is 0. The summed E-state index contributed by atoms with van der Waals surface area (Å²) in [7, 11) is 0. The van der Waals surface area contributed by atoms with E-state index in [2.05, 4.69) is 27.7 Å². The first-order valence-corrected chi connectivity index (χ1v) is 7.72. The van der Waals surface area contributed by atoms with Gasteiger partial charge < -0.3 is 15.2 Å². The molecule has 0 aromatic rings. The number of hydrogen-bond acceptors (Lipinski definition) is 3. The van der Waals surface area contributed by atoms with Crippen LogP contribution in [-0.4, -0.2) is 32.5 Å². The van der Waals surface area contributed by atoms with Crippen LogP contribution in [0.15, 0.2) is 0 Å². The van der Waals surface area contributed by atoms with Crippen LogP contribution in [0.4, 0.5) is 0 Å². The van der Waals surface area contributed by atoms with Gasteiger partial charge in [0.25, 0.3) is 0 Å². The van der Waals surface area contributed by atoms with E-state index in [0.717, 1.165) is 39.3 Å². The second-order valence-electron chi connectivity index (χ2n) is 7.61. The third kappa shape index (κ3) is 7.91. The van der Waals surface area contributed by atoms with E-state index < -0.39 is 0 Å². The smallest absolute Gasteiger partial charge is 0.0480 e. The first-order valence-electron chi connectivity index (χ1n) is 7.72. The maximum Gasteiger partial charge on any atom is 0.0480 e. The normalized spacial score (nSPS) is 24.5. The minimum atomic E-state index is 0.411. The van der Waals surface area contributed by atoms with Crippen LogP contribution in [0.2, 0.25) is 0 Å². The zero-order valence-corrected chi connectivity index (χ0v) is 13.3. The molecule has 0 aliphatic carbocycles. The van der Waals surface area contributed by atoms with Crippen molar-refractivity contribution in [3.05, 3.63) is 0 Å². The molecule has 0 unspecified atom stereocenters. The summed E-state index contributed by atoms with van der Waals surface area (Å²) in [5, 5.41) is 0. The van der Waals surface area contributed by atoms with Gasteiger partial charge in [0.15, 0.2) is 0 Å². The lowest BCUT2D eigenvalue weighted by Gasteiger charge is -2.38. The van der Waals surface area contributed by atoms with Crippen molar-refractivity contribution >= 4 is 0 Å². The van der Waals surface area contributed by atoms with Crippen LogP contribution in [0.5, 0.6) is 0 Å². The Kier molecular flexibility index (Phi) is 6.78. The van der Waals surface area contributed by atoms with Crippen LogP contribution in [0.3, 0.4) is 0 Å². The second kappa shape index (κ2) is 7.61. The maximum atomic E-state index is 5.55. The van der Waals surface area contributed by atoms with Crippen molar-refractivity contribution in [1.29, 1.82) is 0 Å². The van der Waals surface area contributed by atoms with Crippen LogP contribution in [0, 0.1) is 10.8 Å². The van der Waals surface area contributed by atoms with Crippen LogP contribution in [0.1, 0.15) is 59.8 Å². The standard InChI is InChI=1S/C11H22O.C5H11NO/c1-10(2,3)9-11(4)5-7-12-8-6-11;6-5-1-3-7-4-2-5/h5-9H2,1-4H3;5H,1-4,6H2. The molecule has 19 heavy (non-hydrogen) atoms. The lowest BCUT2D eigenvalue weighted by atomic mass is 9.71. The van der Waals surface area contributed by atoms with Gasteiger partial charge in [-0.1, -0.05) is 27.7 Å². The Bertz CT molecular complexity index is 236. The molecule has 2 aliphatic rings. The first-order chi connectivity index (χ1) is 8.81. The summed E-state index contributed by atoms with van der Waals surface area (Å²) in [5.41, 5.74) is 6.56. The van der Waals surface area contributed by atoms with Gasteiger partial charge in [0.05, 0.1) is 0 Å². The predicted molar refractivity (Wildman–Crippen MR) is 80.3 cm³/mol. The van der Waals surface area contributed by atoms with Crippen molar-refractivity contribution in [2.75, 3.05) is 26.4 Å². The Hall–Kier alpha value is -0.120. The summed E-state index contributed by atoms with van der Waals surface area (Å²) >= 11 is 0. The quantitative estimate of drug-likeness (QED) is 0.795. The monoisotopic (exact) mass is 271 g/mol. The average molecular weight is 271 g/mol. The van der Waals surface area contributed by atoms with E-state index in [1.807, 2.05) is 0 Å². The molecule has 3 nitrogen and oxygen atoms in total. The second-order valence-corrected chi connectivity index (χ2v) is 7.61. The van der Waals surface area contributed by atoms with Crippen molar-refractivity contribution in [3.63, 3.8) is 0 Å². The highest BCUT2D eigenvalue weighted by Crippen LogP contribution is 2.40. The lowest BCUT2D eigenvalue weighted by Crippen LogP contribution is -2.30. The van der Waals surface area contributed by atoms with Gasteiger partial charge in [-0.05, 0) is 42.9 Å². The number of hydrogen-bond donors (Lipinski definition) is 1. The van der Waals surface area contributed by atoms with Crippen LogP contribution in [-0.2, 0) is 9.47 Å². The van der Waals surface area contributed by atoms with Crippen molar-refractivity contribution in [2.24, 2.45) is 16.6 Å². The van der Waals surface area contributed by atoms with Crippen molar-refractivity contribution < 1.29 is 9.47 Å². The molecule has 0 spiro atoms. The van der Waals surface area contributed by atoms with Gasteiger partial charge in [-0.25, -0.2) is 0 Å². The number of rotatable bonds is 1. The Balaban J connectivity index is 0.000000218. The highest BCUT2D eigenvalue weighted by molar-refractivity contribution is 4.82. The molecule has 3 heteroatoms. The number of nitrogens with two attached hydrogens (primary N) is 1. The largest absolute Gasteiger partial charge is 0.381 e. The van der Waals surface area contributed by atoms with E-state index in [4.69, 9.17) is 15.2 Å². The molecule has 2 fully saturated rings. The van der Waals surface area contributed by atoms with Gasteiger partial charge >= 0.3 is 0 Å². The minimum Gasteiger partial charge on any atom is -0.381 e. The Labute approximate surface area is 119 Å². The first kappa shape index (κ1) is 16.9. The summed E-state index contributed by atoms with van der Waals surface area (Å²) in [4.78, 5) is 0. The van der Waals surface area contributed by atoms with Crippen molar-refractivity contribution in [2.45, 2.75) is 65.8 Å². The fourth-order valence-electron chi connectivity index (χ4n) is 3.04. The van der Waals surface area contributed by atoms with Gasteiger partial charge in [0.1, 0.15) is 0 Å². The van der Waals surface area contributed by atoms with Crippen molar-refractivity contribution in [3.8, 4) is 0 Å². The van der Waals surface area contributed by atoms with Crippen LogP contribution < -0.4 is 5.73 Å². The zero-order valence-electron chi connectivity index (χ0n) is 13.3. The molecule has 114 valence electrons. The molecule has 0 radical (unpaired) electrons. The zero-order chi connectivity index (χ0) is 14.4. The van der Waals surface area contributed by atoms with Gasteiger partial charge in [-0.15, -0.1) is 0 Å². The summed E-state index contributed by atoms with van der Waals surface area (Å²) < 4.78 is 10.4. The fraction of sp³-hybridized carbons (Fsp3) is 1.00. The Morgan fingerprint density at radius 1 is 1.00 bits per heavy atom. The maximum absolute atomic E-state index is 5.55. The van der Waals surface area contributed by atoms with E-state index in [-0.39, 0.29) is 0 Å². The molecule has 2 N–H and O–H groups in total. The molecule has 2 saturated heterocycles. The molecular formula is C16H33NO2. The van der Waals surface area contributed by atoms with E-state index in [9.17, 15) is 0 Å². The molecule has 0 aromatic heterocycles. The minimum absolute atomic E-state index is 0.411. The van der Waals surface area contributed by atoms with Gasteiger partial charge in [-0.3, -0.25) is 0 Å². The van der Waals surface area contributed by atoms with Crippen molar-refractivity contribution in [1.82, 2.24) is 0 Å². The highest BCUT2D eigenvalue weighted by atomic mass is 16.5. The van der Waals surface area contributed by atoms with Crippen LogP contribution >= 0.6 is 0 Å². The van der Waals surface area contributed by atoms with E-state index >= 15 is 0 Å². The molecule has 0 saturated carbocycles.